The summed E-state index contributed by atoms with van der Waals surface area (Å²) in [6.07, 6.45) is 0.723. The Morgan fingerprint density at radius 2 is 2.17 bits per heavy atom. The minimum absolute atomic E-state index is 0.0467. The van der Waals surface area contributed by atoms with E-state index >= 15 is 0 Å². The van der Waals surface area contributed by atoms with Crippen LogP contribution in [0.5, 0.6) is 5.75 Å². The fourth-order valence-corrected chi connectivity index (χ4v) is 2.78. The average molecular weight is 348 g/mol. The fourth-order valence-electron chi connectivity index (χ4n) is 2.61. The number of carbonyl (C=O) groups excluding carboxylic acids is 1. The molecule has 3 rings (SSSR count). The molecule has 1 amide bonds. The summed E-state index contributed by atoms with van der Waals surface area (Å²) in [5, 5.41) is 8.34. The molecule has 2 heterocycles. The predicted molar refractivity (Wildman–Crippen MR) is 89.3 cm³/mol. The third-order valence-corrected chi connectivity index (χ3v) is 4.03. The van der Waals surface area contributed by atoms with Crippen LogP contribution in [0.15, 0.2) is 30.3 Å². The van der Waals surface area contributed by atoms with E-state index in [1.54, 1.807) is 24.1 Å². The standard InChI is InChI=1S/C17H18ClN3O3/c1-23-7-8-24-14-4-2-3-13(9-14)17(22)21-6-5-12-10-16(18)20-19-15(12)11-21/h2-4,9-10H,5-8,11H2,1H3. The van der Waals surface area contributed by atoms with Gasteiger partial charge >= 0.3 is 0 Å². The molecule has 1 aliphatic rings. The van der Waals surface area contributed by atoms with Gasteiger partial charge in [0.1, 0.15) is 12.4 Å². The lowest BCUT2D eigenvalue weighted by atomic mass is 10.0. The van der Waals surface area contributed by atoms with Crippen LogP contribution in [0.2, 0.25) is 5.15 Å². The van der Waals surface area contributed by atoms with Crippen molar-refractivity contribution in [3.8, 4) is 5.75 Å². The van der Waals surface area contributed by atoms with Crippen LogP contribution >= 0.6 is 11.6 Å². The topological polar surface area (TPSA) is 64.6 Å². The number of hydrogen-bond acceptors (Lipinski definition) is 5. The number of fused-ring (bicyclic) bond motifs is 1. The normalized spacial score (nSPS) is 13.5. The molecule has 1 aromatic heterocycles. The van der Waals surface area contributed by atoms with E-state index in [2.05, 4.69) is 10.2 Å². The summed E-state index contributed by atoms with van der Waals surface area (Å²) in [5.41, 5.74) is 2.44. The second kappa shape index (κ2) is 7.59. The van der Waals surface area contributed by atoms with Gasteiger partial charge in [0.15, 0.2) is 5.15 Å². The van der Waals surface area contributed by atoms with Gasteiger partial charge in [-0.15, -0.1) is 5.10 Å². The molecule has 0 spiro atoms. The number of aromatic nitrogens is 2. The Bertz CT molecular complexity index is 739. The Balaban J connectivity index is 1.70. The van der Waals surface area contributed by atoms with E-state index in [0.29, 0.717) is 42.8 Å². The largest absolute Gasteiger partial charge is 0.491 e. The van der Waals surface area contributed by atoms with Crippen molar-refractivity contribution in [1.82, 2.24) is 15.1 Å². The van der Waals surface area contributed by atoms with Crippen LogP contribution in [-0.2, 0) is 17.7 Å². The molecular weight excluding hydrogens is 330 g/mol. The van der Waals surface area contributed by atoms with Gasteiger partial charge in [0.25, 0.3) is 5.91 Å². The van der Waals surface area contributed by atoms with E-state index in [-0.39, 0.29) is 5.91 Å². The molecule has 0 bridgehead atoms. The second-order valence-electron chi connectivity index (χ2n) is 5.48. The van der Waals surface area contributed by atoms with Crippen LogP contribution in [-0.4, -0.2) is 47.9 Å². The summed E-state index contributed by atoms with van der Waals surface area (Å²) in [5.74, 6) is 0.608. The third-order valence-electron chi connectivity index (χ3n) is 3.85. The summed E-state index contributed by atoms with van der Waals surface area (Å²) in [6, 6.07) is 8.99. The first-order valence-electron chi connectivity index (χ1n) is 7.69. The van der Waals surface area contributed by atoms with Crippen molar-refractivity contribution >= 4 is 17.5 Å². The molecule has 1 aliphatic heterocycles. The summed E-state index contributed by atoms with van der Waals surface area (Å²) < 4.78 is 10.5. The average Bonchev–Trinajstić information content (AvgIpc) is 2.61. The number of carbonyl (C=O) groups is 1. The SMILES string of the molecule is COCCOc1cccc(C(=O)N2CCc3cc(Cl)nnc3C2)c1. The molecule has 0 aliphatic carbocycles. The quantitative estimate of drug-likeness (QED) is 0.777. The molecule has 2 aromatic rings. The molecule has 1 aromatic carbocycles. The van der Waals surface area contributed by atoms with Crippen LogP contribution in [0.1, 0.15) is 21.6 Å². The highest BCUT2D eigenvalue weighted by molar-refractivity contribution is 6.29. The van der Waals surface area contributed by atoms with Crippen LogP contribution < -0.4 is 4.74 Å². The third kappa shape index (κ3) is 3.83. The number of hydrogen-bond donors (Lipinski definition) is 0. The smallest absolute Gasteiger partial charge is 0.254 e. The van der Waals surface area contributed by atoms with Gasteiger partial charge in [0.05, 0.1) is 18.8 Å². The molecule has 0 atom stereocenters. The molecule has 24 heavy (non-hydrogen) atoms. The monoisotopic (exact) mass is 347 g/mol. The van der Waals surface area contributed by atoms with E-state index < -0.39 is 0 Å². The van der Waals surface area contributed by atoms with Gasteiger partial charge in [0.2, 0.25) is 0 Å². The Labute approximate surface area is 145 Å². The van der Waals surface area contributed by atoms with Crippen molar-refractivity contribution in [2.75, 3.05) is 26.9 Å². The minimum Gasteiger partial charge on any atom is -0.491 e. The van der Waals surface area contributed by atoms with Gasteiger partial charge in [-0.2, -0.15) is 5.10 Å². The highest BCUT2D eigenvalue weighted by atomic mass is 35.5. The number of halogens is 1. The maximum Gasteiger partial charge on any atom is 0.254 e. The van der Waals surface area contributed by atoms with Crippen molar-refractivity contribution in [2.24, 2.45) is 0 Å². The van der Waals surface area contributed by atoms with E-state index in [1.807, 2.05) is 18.2 Å². The number of nitrogens with zero attached hydrogens (tertiary/aromatic N) is 3. The molecule has 0 unspecified atom stereocenters. The molecule has 7 heteroatoms. The van der Waals surface area contributed by atoms with Crippen LogP contribution in [0, 0.1) is 0 Å². The first-order valence-corrected chi connectivity index (χ1v) is 8.07. The van der Waals surface area contributed by atoms with E-state index in [9.17, 15) is 4.79 Å². The number of benzene rings is 1. The van der Waals surface area contributed by atoms with Gasteiger partial charge in [-0.3, -0.25) is 4.79 Å². The second-order valence-corrected chi connectivity index (χ2v) is 5.87. The van der Waals surface area contributed by atoms with E-state index in [1.165, 1.54) is 0 Å². The zero-order valence-corrected chi connectivity index (χ0v) is 14.1. The van der Waals surface area contributed by atoms with Gasteiger partial charge in [-0.25, -0.2) is 0 Å². The summed E-state index contributed by atoms with van der Waals surface area (Å²) in [7, 11) is 1.62. The fraction of sp³-hybridized carbons (Fsp3) is 0.353. The lowest BCUT2D eigenvalue weighted by molar-refractivity contribution is 0.0730. The van der Waals surface area contributed by atoms with Gasteiger partial charge in [-0.1, -0.05) is 17.7 Å². The Morgan fingerprint density at radius 1 is 1.29 bits per heavy atom. The van der Waals surface area contributed by atoms with Crippen LogP contribution in [0.25, 0.3) is 0 Å². The lowest BCUT2D eigenvalue weighted by Gasteiger charge is -2.27. The lowest BCUT2D eigenvalue weighted by Crippen LogP contribution is -2.36. The summed E-state index contributed by atoms with van der Waals surface area (Å²) >= 11 is 5.86. The van der Waals surface area contributed by atoms with Crippen LogP contribution in [0.3, 0.4) is 0 Å². The van der Waals surface area contributed by atoms with Crippen molar-refractivity contribution in [3.05, 3.63) is 52.3 Å². The molecule has 0 saturated heterocycles. The minimum atomic E-state index is -0.0467. The molecule has 0 N–H and O–H groups in total. The van der Waals surface area contributed by atoms with Crippen molar-refractivity contribution < 1.29 is 14.3 Å². The summed E-state index contributed by atoms with van der Waals surface area (Å²) in [6.45, 7) is 2.01. The van der Waals surface area contributed by atoms with E-state index in [4.69, 9.17) is 21.1 Å². The van der Waals surface area contributed by atoms with Gasteiger partial charge in [0, 0.05) is 19.2 Å². The van der Waals surface area contributed by atoms with Gasteiger partial charge < -0.3 is 14.4 Å². The highest BCUT2D eigenvalue weighted by Gasteiger charge is 2.23. The molecular formula is C17H18ClN3O3. The molecule has 0 fully saturated rings. The number of rotatable bonds is 5. The zero-order chi connectivity index (χ0) is 16.9. The zero-order valence-electron chi connectivity index (χ0n) is 13.4. The number of methoxy groups -OCH3 is 1. The summed E-state index contributed by atoms with van der Waals surface area (Å²) in [4.78, 5) is 14.5. The van der Waals surface area contributed by atoms with Crippen molar-refractivity contribution in [3.63, 3.8) is 0 Å². The Morgan fingerprint density at radius 3 is 3.00 bits per heavy atom. The first-order chi connectivity index (χ1) is 11.7. The highest BCUT2D eigenvalue weighted by Crippen LogP contribution is 2.21. The van der Waals surface area contributed by atoms with Crippen molar-refractivity contribution in [1.29, 1.82) is 0 Å². The predicted octanol–water partition coefficient (Wildman–Crippen LogP) is 2.35. The maximum atomic E-state index is 12.7. The van der Waals surface area contributed by atoms with Gasteiger partial charge in [-0.05, 0) is 36.2 Å². The van der Waals surface area contributed by atoms with E-state index in [0.717, 1.165) is 17.7 Å². The molecule has 0 saturated carbocycles. The van der Waals surface area contributed by atoms with Crippen LogP contribution in [0.4, 0.5) is 0 Å². The molecule has 6 nitrogen and oxygen atoms in total. The molecule has 126 valence electrons. The number of ether oxygens (including phenoxy) is 2. The first kappa shape index (κ1) is 16.7. The number of amides is 1. The maximum absolute atomic E-state index is 12.7. The Kier molecular flexibility index (Phi) is 5.27. The van der Waals surface area contributed by atoms with Crippen molar-refractivity contribution in [2.45, 2.75) is 13.0 Å². The Hall–Kier alpha value is -2.18. The molecule has 0 radical (unpaired) electrons.